The zero-order valence-electron chi connectivity index (χ0n) is 27.2. The van der Waals surface area contributed by atoms with Crippen molar-refractivity contribution in [2.75, 3.05) is 0 Å². The second-order valence-electron chi connectivity index (χ2n) is 12.7. The Morgan fingerprint density at radius 2 is 0.902 bits per heavy atom. The number of hydrogen-bond acceptors (Lipinski definition) is 4. The quantitative estimate of drug-likeness (QED) is 0.190. The SMILES string of the molecule is c1ccc(-c2nc(-c3ccccc3)nc(-n3c4ccccc4c4c3c3c(c5ccccc5n3-c3ccccc3)n3c5ccccc5nc43)n2)cc1. The van der Waals surface area contributed by atoms with E-state index in [1.807, 2.05) is 60.7 Å². The summed E-state index contributed by atoms with van der Waals surface area (Å²) in [6.07, 6.45) is 0. The van der Waals surface area contributed by atoms with Gasteiger partial charge in [0.25, 0.3) is 0 Å². The van der Waals surface area contributed by atoms with Crippen LogP contribution in [0.15, 0.2) is 164 Å². The molecule has 11 aromatic rings. The van der Waals surface area contributed by atoms with Gasteiger partial charge in [-0.3, -0.25) is 8.97 Å². The third kappa shape index (κ3) is 4.00. The average molecular weight is 654 g/mol. The summed E-state index contributed by atoms with van der Waals surface area (Å²) in [6.45, 7) is 0. The Kier molecular flexibility index (Phi) is 5.83. The first-order valence-electron chi connectivity index (χ1n) is 17.0. The highest BCUT2D eigenvalue weighted by Gasteiger charge is 2.28. The third-order valence-electron chi connectivity index (χ3n) is 9.86. The minimum atomic E-state index is 0.542. The highest BCUT2D eigenvalue weighted by atomic mass is 15.2. The molecule has 0 aliphatic heterocycles. The van der Waals surface area contributed by atoms with Gasteiger partial charge in [0.05, 0.1) is 44.0 Å². The van der Waals surface area contributed by atoms with Crippen molar-refractivity contribution >= 4 is 60.4 Å². The van der Waals surface area contributed by atoms with E-state index in [0.29, 0.717) is 17.6 Å². The molecular formula is C44H27N7. The Hall–Kier alpha value is -7.12. The molecule has 0 saturated heterocycles. The monoisotopic (exact) mass is 653 g/mol. The summed E-state index contributed by atoms with van der Waals surface area (Å²) in [6, 6.07) is 56.4. The Morgan fingerprint density at radius 3 is 1.57 bits per heavy atom. The van der Waals surface area contributed by atoms with Crippen LogP contribution in [0.4, 0.5) is 0 Å². The number of benzene rings is 6. The van der Waals surface area contributed by atoms with E-state index in [1.165, 1.54) is 0 Å². The van der Waals surface area contributed by atoms with E-state index in [-0.39, 0.29) is 0 Å². The average Bonchev–Trinajstić information content (AvgIpc) is 3.87. The highest BCUT2D eigenvalue weighted by Crippen LogP contribution is 2.44. The molecule has 0 saturated carbocycles. The van der Waals surface area contributed by atoms with E-state index in [4.69, 9.17) is 19.9 Å². The zero-order chi connectivity index (χ0) is 33.5. The van der Waals surface area contributed by atoms with Crippen molar-refractivity contribution in [2.24, 2.45) is 0 Å². The molecule has 0 aliphatic carbocycles. The molecule has 5 aromatic heterocycles. The van der Waals surface area contributed by atoms with Gasteiger partial charge in [-0.25, -0.2) is 9.97 Å². The predicted molar refractivity (Wildman–Crippen MR) is 206 cm³/mol. The standard InChI is InChI=1S/C44H27N7/c1-4-16-28(17-5-1)41-46-42(29-18-6-2-7-19-29)48-44(47-41)51-34-25-13-10-22-31(34)37-39(51)40-38(50-36-27-15-12-24-33(36)45-43(37)50)32-23-11-14-26-35(32)49(40)30-20-8-3-9-21-30/h1-27H. The molecule has 11 rings (SSSR count). The van der Waals surface area contributed by atoms with Gasteiger partial charge in [-0.1, -0.05) is 127 Å². The van der Waals surface area contributed by atoms with Gasteiger partial charge in [0.2, 0.25) is 5.95 Å². The van der Waals surface area contributed by atoms with Gasteiger partial charge in [-0.15, -0.1) is 0 Å². The predicted octanol–water partition coefficient (Wildman–Crippen LogP) is 10.2. The lowest BCUT2D eigenvalue weighted by Crippen LogP contribution is -2.07. The molecule has 0 bridgehead atoms. The van der Waals surface area contributed by atoms with E-state index in [1.54, 1.807) is 0 Å². The van der Waals surface area contributed by atoms with E-state index in [0.717, 1.165) is 77.2 Å². The first-order chi connectivity index (χ1) is 25.3. The summed E-state index contributed by atoms with van der Waals surface area (Å²) >= 11 is 0. The van der Waals surface area contributed by atoms with Crippen molar-refractivity contribution in [3.8, 4) is 34.4 Å². The largest absolute Gasteiger partial charge is 0.306 e. The van der Waals surface area contributed by atoms with Crippen molar-refractivity contribution in [1.82, 2.24) is 33.5 Å². The third-order valence-corrected chi connectivity index (χ3v) is 9.86. The smallest absolute Gasteiger partial charge is 0.238 e. The fourth-order valence-corrected chi connectivity index (χ4v) is 7.73. The van der Waals surface area contributed by atoms with Gasteiger partial charge >= 0.3 is 0 Å². The molecule has 5 heterocycles. The molecule has 0 atom stereocenters. The van der Waals surface area contributed by atoms with Crippen LogP contribution in [0.25, 0.3) is 94.8 Å². The molecule has 0 N–H and O–H groups in total. The minimum absolute atomic E-state index is 0.542. The number of nitrogens with zero attached hydrogens (tertiary/aromatic N) is 7. The van der Waals surface area contributed by atoms with Gasteiger partial charge in [0, 0.05) is 27.6 Å². The summed E-state index contributed by atoms with van der Waals surface area (Å²) in [7, 11) is 0. The van der Waals surface area contributed by atoms with Crippen LogP contribution in [-0.4, -0.2) is 33.5 Å². The minimum Gasteiger partial charge on any atom is -0.306 e. The lowest BCUT2D eigenvalue weighted by Gasteiger charge is -2.14. The van der Waals surface area contributed by atoms with Crippen molar-refractivity contribution in [1.29, 1.82) is 0 Å². The molecule has 0 fully saturated rings. The number of para-hydroxylation sites is 5. The molecule has 0 radical (unpaired) electrons. The van der Waals surface area contributed by atoms with Crippen LogP contribution >= 0.6 is 0 Å². The molecule has 6 aromatic carbocycles. The molecule has 0 amide bonds. The van der Waals surface area contributed by atoms with E-state index in [9.17, 15) is 0 Å². The topological polar surface area (TPSA) is 65.8 Å². The second-order valence-corrected chi connectivity index (χ2v) is 12.7. The molecule has 0 unspecified atom stereocenters. The number of hydrogen-bond donors (Lipinski definition) is 0. The van der Waals surface area contributed by atoms with E-state index < -0.39 is 0 Å². The molecule has 0 spiro atoms. The Balaban J connectivity index is 1.42. The lowest BCUT2D eigenvalue weighted by atomic mass is 10.1. The Bertz CT molecular complexity index is 3060. The number of aromatic nitrogens is 7. The summed E-state index contributed by atoms with van der Waals surface area (Å²) in [4.78, 5) is 20.9. The van der Waals surface area contributed by atoms with Crippen LogP contribution < -0.4 is 0 Å². The van der Waals surface area contributed by atoms with Crippen molar-refractivity contribution in [2.45, 2.75) is 0 Å². The maximum Gasteiger partial charge on any atom is 0.238 e. The number of fused-ring (bicyclic) bond motifs is 12. The number of imidazole rings is 1. The molecule has 51 heavy (non-hydrogen) atoms. The molecular weight excluding hydrogens is 627 g/mol. The van der Waals surface area contributed by atoms with Crippen LogP contribution in [0, 0.1) is 0 Å². The van der Waals surface area contributed by atoms with Gasteiger partial charge in [0.1, 0.15) is 5.65 Å². The Morgan fingerprint density at radius 1 is 0.373 bits per heavy atom. The number of rotatable bonds is 4. The summed E-state index contributed by atoms with van der Waals surface area (Å²) < 4.78 is 6.96. The van der Waals surface area contributed by atoms with Crippen molar-refractivity contribution in [3.05, 3.63) is 164 Å². The Labute approximate surface area is 291 Å². The van der Waals surface area contributed by atoms with Crippen LogP contribution in [0.2, 0.25) is 0 Å². The normalized spacial score (nSPS) is 11.9. The highest BCUT2D eigenvalue weighted by molar-refractivity contribution is 6.27. The maximum atomic E-state index is 5.36. The van der Waals surface area contributed by atoms with Crippen molar-refractivity contribution < 1.29 is 0 Å². The van der Waals surface area contributed by atoms with Crippen LogP contribution in [0.1, 0.15) is 0 Å². The lowest BCUT2D eigenvalue weighted by molar-refractivity contribution is 0.953. The fraction of sp³-hybridized carbons (Fsp3) is 0. The van der Waals surface area contributed by atoms with Crippen LogP contribution in [0.5, 0.6) is 0 Å². The fourth-order valence-electron chi connectivity index (χ4n) is 7.73. The number of pyridine rings is 1. The van der Waals surface area contributed by atoms with Gasteiger partial charge in [-0.05, 0) is 36.4 Å². The first-order valence-corrected chi connectivity index (χ1v) is 17.0. The van der Waals surface area contributed by atoms with Gasteiger partial charge < -0.3 is 4.57 Å². The van der Waals surface area contributed by atoms with Crippen LogP contribution in [0.3, 0.4) is 0 Å². The van der Waals surface area contributed by atoms with Gasteiger partial charge in [0.15, 0.2) is 11.6 Å². The summed E-state index contributed by atoms with van der Waals surface area (Å²) in [5, 5.41) is 3.24. The maximum absolute atomic E-state index is 5.36. The van der Waals surface area contributed by atoms with E-state index in [2.05, 4.69) is 117 Å². The van der Waals surface area contributed by atoms with Crippen molar-refractivity contribution in [3.63, 3.8) is 0 Å². The first kappa shape index (κ1) is 27.8. The van der Waals surface area contributed by atoms with Crippen LogP contribution in [-0.2, 0) is 0 Å². The van der Waals surface area contributed by atoms with Gasteiger partial charge in [-0.2, -0.15) is 9.97 Å². The molecule has 7 heteroatoms. The summed E-state index contributed by atoms with van der Waals surface area (Å²) in [5.41, 5.74) is 11.0. The second kappa shape index (κ2) is 10.7. The zero-order valence-corrected chi connectivity index (χ0v) is 27.2. The van der Waals surface area contributed by atoms with E-state index >= 15 is 0 Å². The molecule has 238 valence electrons. The molecule has 0 aliphatic rings. The molecule has 7 nitrogen and oxygen atoms in total. The summed E-state index contributed by atoms with van der Waals surface area (Å²) in [5.74, 6) is 1.76.